The highest BCUT2D eigenvalue weighted by Crippen LogP contribution is 2.37. The van der Waals surface area contributed by atoms with Gasteiger partial charge in [-0.15, -0.1) is 10.2 Å². The van der Waals surface area contributed by atoms with Gasteiger partial charge in [0, 0.05) is 5.56 Å². The third-order valence-electron chi connectivity index (χ3n) is 5.20. The van der Waals surface area contributed by atoms with Gasteiger partial charge in [0.2, 0.25) is 0 Å². The molecule has 4 rings (SSSR count). The molecule has 0 saturated carbocycles. The number of carboxylic acid groups (broad SMARTS) is 1. The van der Waals surface area contributed by atoms with Gasteiger partial charge in [-0.3, -0.25) is 9.89 Å². The molecule has 0 unspecified atom stereocenters. The molecule has 4 aromatic rings. The van der Waals surface area contributed by atoms with Gasteiger partial charge in [0.15, 0.2) is 11.4 Å². The summed E-state index contributed by atoms with van der Waals surface area (Å²) in [6, 6.07) is 16.8. The zero-order valence-electron chi connectivity index (χ0n) is 17.4. The Kier molecular flexibility index (Phi) is 5.43. The van der Waals surface area contributed by atoms with Crippen LogP contribution in [0.15, 0.2) is 81.9 Å². The summed E-state index contributed by atoms with van der Waals surface area (Å²) in [5.41, 5.74) is 3.77. The summed E-state index contributed by atoms with van der Waals surface area (Å²) in [6.45, 7) is 3.96. The third kappa shape index (κ3) is 3.93. The van der Waals surface area contributed by atoms with Gasteiger partial charge in [-0.05, 0) is 60.9 Å². The van der Waals surface area contributed by atoms with Crippen molar-refractivity contribution in [3.05, 3.63) is 93.9 Å². The van der Waals surface area contributed by atoms with Crippen LogP contribution in [-0.2, 0) is 0 Å². The summed E-state index contributed by atoms with van der Waals surface area (Å²) in [4.78, 5) is 24.0. The second kappa shape index (κ2) is 8.35. The van der Waals surface area contributed by atoms with Crippen molar-refractivity contribution < 1.29 is 15.0 Å². The number of aryl methyl sites for hydroxylation is 2. The molecule has 3 N–H and O–H groups in total. The van der Waals surface area contributed by atoms with Crippen molar-refractivity contribution >= 4 is 17.3 Å². The van der Waals surface area contributed by atoms with Crippen molar-refractivity contribution in [2.75, 3.05) is 0 Å². The van der Waals surface area contributed by atoms with E-state index in [1.165, 1.54) is 23.0 Å². The van der Waals surface area contributed by atoms with Crippen LogP contribution in [0.5, 0.6) is 5.75 Å². The van der Waals surface area contributed by atoms with Crippen LogP contribution in [-0.4, -0.2) is 26.0 Å². The van der Waals surface area contributed by atoms with E-state index >= 15 is 0 Å². The Hall–Kier alpha value is -4.46. The molecule has 0 atom stereocenters. The Morgan fingerprint density at radius 2 is 1.69 bits per heavy atom. The molecule has 160 valence electrons. The number of carboxylic acids is 1. The quantitative estimate of drug-likeness (QED) is 0.375. The van der Waals surface area contributed by atoms with Gasteiger partial charge in [0.25, 0.3) is 5.56 Å². The Morgan fingerprint density at radius 1 is 0.938 bits per heavy atom. The zero-order valence-corrected chi connectivity index (χ0v) is 17.4. The molecule has 0 amide bonds. The van der Waals surface area contributed by atoms with E-state index in [9.17, 15) is 19.8 Å². The fourth-order valence-electron chi connectivity index (χ4n) is 3.26. The highest BCUT2D eigenvalue weighted by Gasteiger charge is 2.12. The molecule has 8 heteroatoms. The van der Waals surface area contributed by atoms with Crippen molar-refractivity contribution in [2.45, 2.75) is 13.8 Å². The molecule has 0 spiro atoms. The number of aromatic nitrogens is 2. The van der Waals surface area contributed by atoms with E-state index in [0.29, 0.717) is 16.8 Å². The molecule has 0 saturated heterocycles. The molecule has 0 aliphatic heterocycles. The van der Waals surface area contributed by atoms with Crippen LogP contribution in [0.2, 0.25) is 0 Å². The molecule has 32 heavy (non-hydrogen) atoms. The van der Waals surface area contributed by atoms with Gasteiger partial charge in [-0.1, -0.05) is 30.3 Å². The standard InChI is InChI=1S/C24H20N4O4/c1-14-9-10-18(11-15(14)2)28-23(30)21(13-25-28)27-26-20-8-4-7-19(22(20)29)16-5-3-6-17(12-16)24(31)32/h3-13,25,29H,1-2H3,(H,31,32). The number of nitrogens with zero attached hydrogens (tertiary/aromatic N) is 3. The molecule has 0 aliphatic carbocycles. The fourth-order valence-corrected chi connectivity index (χ4v) is 3.26. The van der Waals surface area contributed by atoms with Crippen LogP contribution in [0.25, 0.3) is 16.8 Å². The number of rotatable bonds is 5. The van der Waals surface area contributed by atoms with Gasteiger partial charge in [-0.2, -0.15) is 0 Å². The van der Waals surface area contributed by atoms with E-state index in [4.69, 9.17) is 0 Å². The van der Waals surface area contributed by atoms with E-state index in [0.717, 1.165) is 11.1 Å². The first-order valence-corrected chi connectivity index (χ1v) is 9.80. The highest BCUT2D eigenvalue weighted by atomic mass is 16.4. The number of azo groups is 1. The van der Waals surface area contributed by atoms with Crippen molar-refractivity contribution in [2.24, 2.45) is 10.2 Å². The molecule has 1 heterocycles. The average Bonchev–Trinajstić information content (AvgIpc) is 3.15. The lowest BCUT2D eigenvalue weighted by Crippen LogP contribution is -2.14. The SMILES string of the molecule is Cc1ccc(-n2[nH]cc(N=Nc3cccc(-c4cccc(C(=O)O)c4)c3O)c2=O)cc1C. The number of phenols is 1. The molecule has 0 radical (unpaired) electrons. The molecule has 8 nitrogen and oxygen atoms in total. The number of hydrogen-bond donors (Lipinski definition) is 3. The number of phenolic OH excluding ortho intramolecular Hbond substituents is 1. The van der Waals surface area contributed by atoms with Crippen LogP contribution in [0.1, 0.15) is 21.5 Å². The van der Waals surface area contributed by atoms with Gasteiger partial charge in [0.1, 0.15) is 5.69 Å². The molecule has 3 aromatic carbocycles. The first kappa shape index (κ1) is 20.8. The number of carbonyl (C=O) groups is 1. The van der Waals surface area contributed by atoms with Crippen LogP contribution in [0.4, 0.5) is 11.4 Å². The monoisotopic (exact) mass is 428 g/mol. The number of H-pyrrole nitrogens is 1. The van der Waals surface area contributed by atoms with E-state index in [1.807, 2.05) is 32.0 Å². The second-order valence-corrected chi connectivity index (χ2v) is 7.33. The van der Waals surface area contributed by atoms with Crippen LogP contribution >= 0.6 is 0 Å². The number of para-hydroxylation sites is 1. The van der Waals surface area contributed by atoms with E-state index < -0.39 is 5.97 Å². The van der Waals surface area contributed by atoms with Crippen molar-refractivity contribution in [1.29, 1.82) is 0 Å². The third-order valence-corrected chi connectivity index (χ3v) is 5.20. The summed E-state index contributed by atoms with van der Waals surface area (Å²) in [7, 11) is 0. The summed E-state index contributed by atoms with van der Waals surface area (Å²) in [5, 5.41) is 30.8. The molecule has 1 aromatic heterocycles. The van der Waals surface area contributed by atoms with Crippen molar-refractivity contribution in [3.8, 4) is 22.6 Å². The van der Waals surface area contributed by atoms with Crippen molar-refractivity contribution in [3.63, 3.8) is 0 Å². The minimum atomic E-state index is -1.06. The summed E-state index contributed by atoms with van der Waals surface area (Å²) in [5.74, 6) is -1.22. The Labute approximate surface area is 183 Å². The van der Waals surface area contributed by atoms with Gasteiger partial charge < -0.3 is 10.2 Å². The number of aromatic amines is 1. The Bertz CT molecular complexity index is 1420. The van der Waals surface area contributed by atoms with Gasteiger partial charge in [0.05, 0.1) is 17.4 Å². The average molecular weight is 428 g/mol. The number of nitrogens with one attached hydrogen (secondary N) is 1. The lowest BCUT2D eigenvalue weighted by Gasteiger charge is -2.07. The summed E-state index contributed by atoms with van der Waals surface area (Å²) < 4.78 is 1.37. The summed E-state index contributed by atoms with van der Waals surface area (Å²) >= 11 is 0. The minimum absolute atomic E-state index is 0.0842. The maximum absolute atomic E-state index is 12.7. The summed E-state index contributed by atoms with van der Waals surface area (Å²) in [6.07, 6.45) is 1.44. The second-order valence-electron chi connectivity index (χ2n) is 7.33. The van der Waals surface area contributed by atoms with Crippen LogP contribution in [0, 0.1) is 13.8 Å². The predicted molar refractivity (Wildman–Crippen MR) is 121 cm³/mol. The topological polar surface area (TPSA) is 120 Å². The number of hydrogen-bond acceptors (Lipinski definition) is 5. The largest absolute Gasteiger partial charge is 0.505 e. The van der Waals surface area contributed by atoms with Gasteiger partial charge in [-0.25, -0.2) is 9.48 Å². The lowest BCUT2D eigenvalue weighted by molar-refractivity contribution is 0.0697. The van der Waals surface area contributed by atoms with E-state index in [-0.39, 0.29) is 28.2 Å². The highest BCUT2D eigenvalue weighted by molar-refractivity contribution is 5.90. The Balaban J connectivity index is 1.67. The minimum Gasteiger partial charge on any atom is -0.505 e. The number of aromatic hydroxyl groups is 1. The molecule has 0 bridgehead atoms. The number of aromatic carboxylic acids is 1. The molecule has 0 fully saturated rings. The lowest BCUT2D eigenvalue weighted by atomic mass is 10.0. The number of benzene rings is 3. The molecular weight excluding hydrogens is 408 g/mol. The smallest absolute Gasteiger partial charge is 0.335 e. The predicted octanol–water partition coefficient (Wildman–Crippen LogP) is 5.27. The molecule has 0 aliphatic rings. The fraction of sp³-hybridized carbons (Fsp3) is 0.0833. The van der Waals surface area contributed by atoms with Crippen molar-refractivity contribution in [1.82, 2.24) is 9.78 Å². The van der Waals surface area contributed by atoms with Crippen LogP contribution in [0.3, 0.4) is 0 Å². The maximum atomic E-state index is 12.7. The van der Waals surface area contributed by atoms with Gasteiger partial charge >= 0.3 is 5.97 Å². The normalized spacial score (nSPS) is 11.2. The first-order valence-electron chi connectivity index (χ1n) is 9.80. The Morgan fingerprint density at radius 3 is 2.44 bits per heavy atom. The van der Waals surface area contributed by atoms with E-state index in [1.54, 1.807) is 30.3 Å². The maximum Gasteiger partial charge on any atom is 0.335 e. The zero-order chi connectivity index (χ0) is 22.8. The van der Waals surface area contributed by atoms with E-state index in [2.05, 4.69) is 15.3 Å². The molecular formula is C24H20N4O4. The first-order chi connectivity index (χ1) is 15.3. The van der Waals surface area contributed by atoms with Crippen LogP contribution < -0.4 is 5.56 Å².